The van der Waals surface area contributed by atoms with Crippen molar-refractivity contribution >= 4 is 23.0 Å². The number of halogens is 1. The summed E-state index contributed by atoms with van der Waals surface area (Å²) in [6.45, 7) is 7.42. The molecular weight excluding hydrogens is 342 g/mol. The van der Waals surface area contributed by atoms with E-state index in [4.69, 9.17) is 21.1 Å². The van der Waals surface area contributed by atoms with Gasteiger partial charge in [-0.2, -0.15) is 5.12 Å². The number of ether oxygens (including phenoxy) is 2. The molecule has 2 fully saturated rings. The molecule has 0 bridgehead atoms. The molecule has 2 saturated heterocycles. The van der Waals surface area contributed by atoms with E-state index in [0.717, 1.165) is 75.5 Å². The molecule has 3 aliphatic heterocycles. The van der Waals surface area contributed by atoms with E-state index in [1.165, 1.54) is 0 Å². The van der Waals surface area contributed by atoms with Crippen LogP contribution in [0, 0.1) is 0 Å². The maximum absolute atomic E-state index is 6.57. The molecule has 7 nitrogen and oxygen atoms in total. The highest BCUT2D eigenvalue weighted by atomic mass is 35.5. The molecule has 0 aromatic heterocycles. The number of nitrogens with one attached hydrogen (secondary N) is 1. The highest BCUT2D eigenvalue weighted by Crippen LogP contribution is 2.31. The Morgan fingerprint density at radius 1 is 0.960 bits per heavy atom. The van der Waals surface area contributed by atoms with Gasteiger partial charge in [-0.25, -0.2) is 5.01 Å². The van der Waals surface area contributed by atoms with Crippen LogP contribution in [0.25, 0.3) is 0 Å². The SMILES string of the molecule is Clc1cc(N2C=CCN(N3CCOCC3)N2)ccc1N1CCOCC1. The number of nitrogens with zero attached hydrogens (tertiary/aromatic N) is 4. The third kappa shape index (κ3) is 3.92. The predicted molar refractivity (Wildman–Crippen MR) is 98.3 cm³/mol. The Kier molecular flexibility index (Phi) is 5.40. The second-order valence-corrected chi connectivity index (χ2v) is 6.65. The molecule has 0 radical (unpaired) electrons. The zero-order valence-corrected chi connectivity index (χ0v) is 15.0. The van der Waals surface area contributed by atoms with Crippen molar-refractivity contribution in [2.75, 3.05) is 69.1 Å². The van der Waals surface area contributed by atoms with E-state index in [1.807, 2.05) is 17.3 Å². The molecule has 0 atom stereocenters. The molecule has 0 spiro atoms. The van der Waals surface area contributed by atoms with Crippen LogP contribution in [0.15, 0.2) is 30.5 Å². The van der Waals surface area contributed by atoms with E-state index in [1.54, 1.807) is 0 Å². The van der Waals surface area contributed by atoms with Crippen LogP contribution in [0.1, 0.15) is 0 Å². The van der Waals surface area contributed by atoms with E-state index in [9.17, 15) is 0 Å². The van der Waals surface area contributed by atoms with E-state index < -0.39 is 0 Å². The minimum absolute atomic E-state index is 0.753. The Labute approximate surface area is 153 Å². The van der Waals surface area contributed by atoms with Crippen LogP contribution in [-0.2, 0) is 9.47 Å². The van der Waals surface area contributed by atoms with Crippen molar-refractivity contribution in [2.45, 2.75) is 0 Å². The predicted octanol–water partition coefficient (Wildman–Crippen LogP) is 1.48. The fraction of sp³-hybridized carbons (Fsp3) is 0.529. The van der Waals surface area contributed by atoms with Crippen molar-refractivity contribution in [1.82, 2.24) is 15.7 Å². The summed E-state index contributed by atoms with van der Waals surface area (Å²) in [5.74, 6) is 0. The molecule has 0 unspecified atom stereocenters. The quantitative estimate of drug-likeness (QED) is 0.870. The standard InChI is InChI=1S/C17H24ClN5O2/c18-16-14-15(2-3-17(16)20-6-10-24-11-7-20)22-4-1-5-23(19-22)21-8-12-25-13-9-21/h1-4,14,19H,5-13H2. The summed E-state index contributed by atoms with van der Waals surface area (Å²) in [4.78, 5) is 2.27. The molecule has 1 N–H and O–H groups in total. The molecule has 3 heterocycles. The van der Waals surface area contributed by atoms with E-state index in [-0.39, 0.29) is 0 Å². The molecule has 8 heteroatoms. The number of benzene rings is 1. The van der Waals surface area contributed by atoms with Gasteiger partial charge in [-0.1, -0.05) is 11.6 Å². The maximum atomic E-state index is 6.57. The van der Waals surface area contributed by atoms with E-state index in [2.05, 4.69) is 38.8 Å². The zero-order valence-electron chi connectivity index (χ0n) is 14.2. The van der Waals surface area contributed by atoms with Gasteiger partial charge >= 0.3 is 0 Å². The molecule has 0 saturated carbocycles. The molecule has 1 aromatic carbocycles. The molecule has 25 heavy (non-hydrogen) atoms. The van der Waals surface area contributed by atoms with Gasteiger partial charge in [0.2, 0.25) is 0 Å². The number of anilines is 2. The molecule has 0 amide bonds. The monoisotopic (exact) mass is 365 g/mol. The molecule has 0 aliphatic carbocycles. The Hall–Kier alpha value is -1.35. The van der Waals surface area contributed by atoms with Crippen LogP contribution in [0.5, 0.6) is 0 Å². The maximum Gasteiger partial charge on any atom is 0.0660 e. The van der Waals surface area contributed by atoms with Crippen molar-refractivity contribution in [1.29, 1.82) is 0 Å². The Bertz CT molecular complexity index is 617. The van der Waals surface area contributed by atoms with Gasteiger partial charge in [0.25, 0.3) is 0 Å². The summed E-state index contributed by atoms with van der Waals surface area (Å²) in [5, 5.41) is 7.14. The first-order valence-corrected chi connectivity index (χ1v) is 9.14. The highest BCUT2D eigenvalue weighted by Gasteiger charge is 2.22. The van der Waals surface area contributed by atoms with Crippen molar-refractivity contribution in [3.63, 3.8) is 0 Å². The Morgan fingerprint density at radius 2 is 1.68 bits per heavy atom. The first kappa shape index (κ1) is 17.1. The van der Waals surface area contributed by atoms with Crippen LogP contribution in [0.4, 0.5) is 11.4 Å². The van der Waals surface area contributed by atoms with Crippen LogP contribution >= 0.6 is 11.6 Å². The van der Waals surface area contributed by atoms with Crippen LogP contribution in [-0.4, -0.2) is 69.3 Å². The number of hydrazine groups is 3. The Morgan fingerprint density at radius 3 is 2.40 bits per heavy atom. The lowest BCUT2D eigenvalue weighted by molar-refractivity contribution is -0.116. The average molecular weight is 366 g/mol. The van der Waals surface area contributed by atoms with Gasteiger partial charge in [-0.3, -0.25) is 5.01 Å². The van der Waals surface area contributed by atoms with Crippen molar-refractivity contribution < 1.29 is 9.47 Å². The number of morpholine rings is 2. The van der Waals surface area contributed by atoms with Gasteiger partial charge in [0.05, 0.1) is 49.4 Å². The minimum atomic E-state index is 0.753. The topological polar surface area (TPSA) is 43.5 Å². The van der Waals surface area contributed by atoms with Crippen LogP contribution < -0.4 is 15.4 Å². The number of hydrogen-bond acceptors (Lipinski definition) is 7. The van der Waals surface area contributed by atoms with E-state index in [0.29, 0.717) is 0 Å². The fourth-order valence-corrected chi connectivity index (χ4v) is 3.57. The van der Waals surface area contributed by atoms with Gasteiger partial charge in [-0.15, -0.1) is 5.53 Å². The van der Waals surface area contributed by atoms with Gasteiger partial charge in [0.1, 0.15) is 0 Å². The lowest BCUT2D eigenvalue weighted by Crippen LogP contribution is -2.60. The summed E-state index contributed by atoms with van der Waals surface area (Å²) in [6.07, 6.45) is 4.17. The summed E-state index contributed by atoms with van der Waals surface area (Å²) in [5.41, 5.74) is 5.50. The van der Waals surface area contributed by atoms with Gasteiger partial charge < -0.3 is 14.4 Å². The summed E-state index contributed by atoms with van der Waals surface area (Å²) < 4.78 is 10.8. The minimum Gasteiger partial charge on any atom is -0.379 e. The molecule has 136 valence electrons. The van der Waals surface area contributed by atoms with Crippen molar-refractivity contribution in [3.05, 3.63) is 35.5 Å². The normalized spacial score (nSPS) is 23.2. The van der Waals surface area contributed by atoms with Crippen LogP contribution in [0.2, 0.25) is 5.02 Å². The average Bonchev–Trinajstić information content (AvgIpc) is 2.69. The lowest BCUT2D eigenvalue weighted by atomic mass is 10.2. The molecule has 4 rings (SSSR count). The first-order chi connectivity index (χ1) is 12.3. The van der Waals surface area contributed by atoms with Crippen LogP contribution in [0.3, 0.4) is 0 Å². The second-order valence-electron chi connectivity index (χ2n) is 6.24. The van der Waals surface area contributed by atoms with Gasteiger partial charge in [-0.05, 0) is 24.3 Å². The van der Waals surface area contributed by atoms with E-state index >= 15 is 0 Å². The zero-order chi connectivity index (χ0) is 17.1. The lowest BCUT2D eigenvalue weighted by Gasteiger charge is -2.41. The molecule has 1 aromatic rings. The highest BCUT2D eigenvalue weighted by molar-refractivity contribution is 6.33. The molecule has 3 aliphatic rings. The number of hydrogen-bond donors (Lipinski definition) is 1. The third-order valence-electron chi connectivity index (χ3n) is 4.65. The van der Waals surface area contributed by atoms with Gasteiger partial charge in [0, 0.05) is 32.4 Å². The van der Waals surface area contributed by atoms with Gasteiger partial charge in [0.15, 0.2) is 0 Å². The smallest absolute Gasteiger partial charge is 0.0660 e. The van der Waals surface area contributed by atoms with Crippen molar-refractivity contribution in [2.24, 2.45) is 0 Å². The summed E-state index contributed by atoms with van der Waals surface area (Å²) in [6, 6.07) is 6.19. The largest absolute Gasteiger partial charge is 0.379 e. The summed E-state index contributed by atoms with van der Waals surface area (Å²) in [7, 11) is 0. The second kappa shape index (κ2) is 7.90. The fourth-order valence-electron chi connectivity index (χ4n) is 3.27. The molecular formula is C17H24ClN5O2. The third-order valence-corrected chi connectivity index (χ3v) is 4.95. The van der Waals surface area contributed by atoms with Crippen molar-refractivity contribution in [3.8, 4) is 0 Å². The summed E-state index contributed by atoms with van der Waals surface area (Å²) >= 11 is 6.57. The Balaban J connectivity index is 1.46. The first-order valence-electron chi connectivity index (χ1n) is 8.76. The number of rotatable bonds is 3.